The highest BCUT2D eigenvalue weighted by molar-refractivity contribution is 5.92. The first kappa shape index (κ1) is 16.5. The van der Waals surface area contributed by atoms with E-state index in [0.717, 1.165) is 12.8 Å². The molecule has 3 aliphatic rings. The van der Waals surface area contributed by atoms with Crippen LogP contribution in [-0.2, 0) is 21.4 Å². The Balaban J connectivity index is 1.37. The zero-order valence-electron chi connectivity index (χ0n) is 14.5. The molecule has 2 amide bonds. The van der Waals surface area contributed by atoms with E-state index in [-0.39, 0.29) is 29.8 Å². The standard InChI is InChI=1S/C17H24N4O4/c1-19-14(4-5-18-19)17(23)20-9-13-12(11-24-15(13)10-20)8-16(22)21-6-2-3-7-25-21/h4-5,12-13,15H,2-3,6-11H2,1H3/t12-,13+,15+/m0/s1. The van der Waals surface area contributed by atoms with Crippen LogP contribution in [-0.4, -0.2) is 70.5 Å². The molecule has 3 atom stereocenters. The van der Waals surface area contributed by atoms with Crippen LogP contribution in [0.2, 0.25) is 0 Å². The molecule has 0 N–H and O–H groups in total. The third-order valence-corrected chi connectivity index (χ3v) is 5.48. The van der Waals surface area contributed by atoms with E-state index >= 15 is 0 Å². The minimum atomic E-state index is -0.0255. The number of hydrogen-bond donors (Lipinski definition) is 0. The van der Waals surface area contributed by atoms with Gasteiger partial charge in [-0.3, -0.25) is 19.1 Å². The Hall–Kier alpha value is -1.93. The molecule has 0 unspecified atom stereocenters. The Labute approximate surface area is 146 Å². The molecule has 4 rings (SSSR count). The molecule has 0 saturated carbocycles. The lowest BCUT2D eigenvalue weighted by molar-refractivity contribution is -0.198. The summed E-state index contributed by atoms with van der Waals surface area (Å²) in [6.45, 7) is 3.09. The van der Waals surface area contributed by atoms with E-state index in [2.05, 4.69) is 5.10 Å². The molecule has 136 valence electrons. The average molecular weight is 348 g/mol. The van der Waals surface area contributed by atoms with Crippen molar-refractivity contribution in [2.24, 2.45) is 18.9 Å². The summed E-state index contributed by atoms with van der Waals surface area (Å²) in [6, 6.07) is 1.73. The number of amides is 2. The van der Waals surface area contributed by atoms with Gasteiger partial charge in [0.15, 0.2) is 0 Å². The second-order valence-corrected chi connectivity index (χ2v) is 7.09. The molecular formula is C17H24N4O4. The van der Waals surface area contributed by atoms with E-state index in [9.17, 15) is 9.59 Å². The minimum Gasteiger partial charge on any atom is -0.376 e. The van der Waals surface area contributed by atoms with Gasteiger partial charge in [-0.1, -0.05) is 0 Å². The van der Waals surface area contributed by atoms with Gasteiger partial charge in [0.05, 0.1) is 19.3 Å². The lowest BCUT2D eigenvalue weighted by atomic mass is 9.90. The molecule has 3 fully saturated rings. The van der Waals surface area contributed by atoms with Crippen LogP contribution in [0.25, 0.3) is 0 Å². The topological polar surface area (TPSA) is 76.9 Å². The van der Waals surface area contributed by atoms with Crippen molar-refractivity contribution in [2.45, 2.75) is 25.4 Å². The van der Waals surface area contributed by atoms with E-state index in [4.69, 9.17) is 9.57 Å². The Morgan fingerprint density at radius 1 is 1.32 bits per heavy atom. The molecule has 8 nitrogen and oxygen atoms in total. The number of ether oxygens (including phenoxy) is 1. The number of carbonyl (C=O) groups is 2. The van der Waals surface area contributed by atoms with Gasteiger partial charge in [-0.15, -0.1) is 0 Å². The maximum atomic E-state index is 12.7. The molecule has 0 aromatic carbocycles. The number of carbonyl (C=O) groups excluding carboxylic acids is 2. The number of hydrogen-bond acceptors (Lipinski definition) is 5. The Morgan fingerprint density at radius 3 is 2.92 bits per heavy atom. The maximum Gasteiger partial charge on any atom is 0.272 e. The first-order valence-corrected chi connectivity index (χ1v) is 8.95. The molecule has 0 bridgehead atoms. The van der Waals surface area contributed by atoms with E-state index in [1.807, 2.05) is 4.90 Å². The number of likely N-dealkylation sites (tertiary alicyclic amines) is 1. The first-order chi connectivity index (χ1) is 12.1. The number of fused-ring (bicyclic) bond motifs is 1. The summed E-state index contributed by atoms with van der Waals surface area (Å²) in [5.41, 5.74) is 0.578. The number of aryl methyl sites for hydroxylation is 1. The van der Waals surface area contributed by atoms with Crippen molar-refractivity contribution in [1.29, 1.82) is 0 Å². The molecule has 0 spiro atoms. The highest BCUT2D eigenvalue weighted by Crippen LogP contribution is 2.36. The second kappa shape index (κ2) is 6.76. The van der Waals surface area contributed by atoms with E-state index in [1.54, 1.807) is 24.0 Å². The van der Waals surface area contributed by atoms with Crippen molar-refractivity contribution in [3.8, 4) is 0 Å². The molecular weight excluding hydrogens is 324 g/mol. The summed E-state index contributed by atoms with van der Waals surface area (Å²) >= 11 is 0. The number of rotatable bonds is 3. The highest BCUT2D eigenvalue weighted by Gasteiger charge is 2.46. The predicted molar refractivity (Wildman–Crippen MR) is 87.3 cm³/mol. The van der Waals surface area contributed by atoms with Gasteiger partial charge in [-0.05, 0) is 24.8 Å². The van der Waals surface area contributed by atoms with Crippen molar-refractivity contribution in [1.82, 2.24) is 19.7 Å². The average Bonchev–Trinajstić information content (AvgIpc) is 3.32. The van der Waals surface area contributed by atoms with Crippen LogP contribution < -0.4 is 0 Å². The number of hydroxylamine groups is 2. The van der Waals surface area contributed by atoms with Gasteiger partial charge in [0, 0.05) is 45.2 Å². The van der Waals surface area contributed by atoms with E-state index in [1.165, 1.54) is 5.06 Å². The van der Waals surface area contributed by atoms with Crippen LogP contribution in [0.3, 0.4) is 0 Å². The molecule has 8 heteroatoms. The largest absolute Gasteiger partial charge is 0.376 e. The normalized spacial score (nSPS) is 29.1. The minimum absolute atomic E-state index is 0.0252. The van der Waals surface area contributed by atoms with Gasteiger partial charge in [0.2, 0.25) is 5.91 Å². The fourth-order valence-electron chi connectivity index (χ4n) is 4.04. The molecule has 3 saturated heterocycles. The van der Waals surface area contributed by atoms with Crippen LogP contribution in [0.15, 0.2) is 12.3 Å². The van der Waals surface area contributed by atoms with Crippen molar-refractivity contribution in [3.05, 3.63) is 18.0 Å². The summed E-state index contributed by atoms with van der Waals surface area (Å²) < 4.78 is 7.47. The molecule has 25 heavy (non-hydrogen) atoms. The predicted octanol–water partition coefficient (Wildman–Crippen LogP) is 0.451. The van der Waals surface area contributed by atoms with Crippen molar-refractivity contribution in [2.75, 3.05) is 32.8 Å². The van der Waals surface area contributed by atoms with Crippen molar-refractivity contribution >= 4 is 11.8 Å². The third-order valence-electron chi connectivity index (χ3n) is 5.48. The quantitative estimate of drug-likeness (QED) is 0.793. The van der Waals surface area contributed by atoms with Crippen LogP contribution >= 0.6 is 0 Å². The van der Waals surface area contributed by atoms with Gasteiger partial charge in [0.25, 0.3) is 5.91 Å². The fourth-order valence-corrected chi connectivity index (χ4v) is 4.04. The van der Waals surface area contributed by atoms with Gasteiger partial charge < -0.3 is 9.64 Å². The van der Waals surface area contributed by atoms with Crippen LogP contribution in [0, 0.1) is 11.8 Å². The Morgan fingerprint density at radius 2 is 2.20 bits per heavy atom. The summed E-state index contributed by atoms with van der Waals surface area (Å²) in [5, 5.41) is 5.57. The first-order valence-electron chi connectivity index (χ1n) is 8.95. The molecule has 3 aliphatic heterocycles. The Bertz CT molecular complexity index is 655. The van der Waals surface area contributed by atoms with Gasteiger partial charge in [0.1, 0.15) is 5.69 Å². The van der Waals surface area contributed by atoms with Crippen molar-refractivity contribution in [3.63, 3.8) is 0 Å². The summed E-state index contributed by atoms with van der Waals surface area (Å²) in [5.74, 6) is 0.367. The lowest BCUT2D eigenvalue weighted by Crippen LogP contribution is -2.38. The van der Waals surface area contributed by atoms with Crippen molar-refractivity contribution < 1.29 is 19.2 Å². The second-order valence-electron chi connectivity index (χ2n) is 7.09. The number of aromatic nitrogens is 2. The maximum absolute atomic E-state index is 12.7. The summed E-state index contributed by atoms with van der Waals surface area (Å²) in [4.78, 5) is 32.4. The summed E-state index contributed by atoms with van der Waals surface area (Å²) in [6.07, 6.45) is 4.07. The number of nitrogens with zero attached hydrogens (tertiary/aromatic N) is 4. The van der Waals surface area contributed by atoms with Gasteiger partial charge in [-0.2, -0.15) is 5.10 Å². The smallest absolute Gasteiger partial charge is 0.272 e. The molecule has 4 heterocycles. The molecule has 1 aromatic heterocycles. The lowest BCUT2D eigenvalue weighted by Gasteiger charge is -2.27. The molecule has 0 radical (unpaired) electrons. The monoisotopic (exact) mass is 348 g/mol. The van der Waals surface area contributed by atoms with E-state index < -0.39 is 0 Å². The van der Waals surface area contributed by atoms with Gasteiger partial charge in [-0.25, -0.2) is 5.06 Å². The van der Waals surface area contributed by atoms with Gasteiger partial charge >= 0.3 is 0 Å². The fraction of sp³-hybridized carbons (Fsp3) is 0.706. The highest BCUT2D eigenvalue weighted by atomic mass is 16.7. The molecule has 0 aliphatic carbocycles. The van der Waals surface area contributed by atoms with Crippen LogP contribution in [0.1, 0.15) is 29.8 Å². The van der Waals surface area contributed by atoms with Crippen LogP contribution in [0.5, 0.6) is 0 Å². The zero-order valence-corrected chi connectivity index (χ0v) is 14.5. The Kier molecular flexibility index (Phi) is 4.47. The molecule has 1 aromatic rings. The zero-order chi connectivity index (χ0) is 17.4. The van der Waals surface area contributed by atoms with E-state index in [0.29, 0.717) is 45.0 Å². The van der Waals surface area contributed by atoms with Crippen LogP contribution in [0.4, 0.5) is 0 Å². The summed E-state index contributed by atoms with van der Waals surface area (Å²) in [7, 11) is 1.76. The third kappa shape index (κ3) is 3.16. The SMILES string of the molecule is Cn1nccc1C(=O)N1C[C@@H]2[C@@H](CC(=O)N3CCCCO3)CO[C@@H]2C1.